The van der Waals surface area contributed by atoms with E-state index in [1.165, 1.54) is 0 Å². The predicted octanol–water partition coefficient (Wildman–Crippen LogP) is 3.35. The Balaban J connectivity index is 2.06. The van der Waals surface area contributed by atoms with Crippen molar-refractivity contribution in [2.45, 2.75) is 13.0 Å². The molecule has 0 amide bonds. The smallest absolute Gasteiger partial charge is 0.0651 e. The summed E-state index contributed by atoms with van der Waals surface area (Å²) in [5.41, 5.74) is 2.18. The van der Waals surface area contributed by atoms with E-state index in [4.69, 9.17) is 0 Å². The largest absolute Gasteiger partial charge is 0.377 e. The second-order valence-electron chi connectivity index (χ2n) is 3.38. The summed E-state index contributed by atoms with van der Waals surface area (Å²) in [4.78, 5) is 0. The van der Waals surface area contributed by atoms with E-state index in [1.54, 1.807) is 6.20 Å². The summed E-state index contributed by atoms with van der Waals surface area (Å²) in [6.45, 7) is 2.09. The topological polar surface area (TPSA) is 40.7 Å². The molecule has 0 saturated carbocycles. The van der Waals surface area contributed by atoms with Crippen LogP contribution in [0.25, 0.3) is 0 Å². The van der Waals surface area contributed by atoms with E-state index in [9.17, 15) is 0 Å². The third kappa shape index (κ3) is 2.59. The van der Waals surface area contributed by atoms with Crippen molar-refractivity contribution >= 4 is 21.6 Å². The zero-order chi connectivity index (χ0) is 10.7. The summed E-state index contributed by atoms with van der Waals surface area (Å²) in [7, 11) is 0. The Morgan fingerprint density at radius 2 is 2.00 bits per heavy atom. The molecule has 1 heterocycles. The van der Waals surface area contributed by atoms with Crippen LogP contribution in [0.2, 0.25) is 0 Å². The molecule has 2 aromatic rings. The van der Waals surface area contributed by atoms with Gasteiger partial charge in [-0.25, -0.2) is 0 Å². The molecule has 0 aliphatic heterocycles. The van der Waals surface area contributed by atoms with Crippen LogP contribution >= 0.6 is 15.9 Å². The van der Waals surface area contributed by atoms with E-state index < -0.39 is 0 Å². The van der Waals surface area contributed by atoms with Gasteiger partial charge in [0.2, 0.25) is 0 Å². The first-order valence-electron chi connectivity index (χ1n) is 4.77. The lowest BCUT2D eigenvalue weighted by Crippen LogP contribution is -2.06. The highest BCUT2D eigenvalue weighted by Crippen LogP contribution is 2.19. The maximum Gasteiger partial charge on any atom is 0.0651 e. The molecule has 78 valence electrons. The van der Waals surface area contributed by atoms with Crippen LogP contribution < -0.4 is 5.32 Å². The Morgan fingerprint density at radius 3 is 2.60 bits per heavy atom. The van der Waals surface area contributed by atoms with Crippen LogP contribution in [0.4, 0.5) is 5.69 Å². The van der Waals surface area contributed by atoms with Crippen molar-refractivity contribution < 1.29 is 0 Å². The fraction of sp³-hybridized carbons (Fsp3) is 0.182. The highest BCUT2D eigenvalue weighted by Gasteiger charge is 2.05. The van der Waals surface area contributed by atoms with Crippen molar-refractivity contribution in [1.82, 2.24) is 10.2 Å². The van der Waals surface area contributed by atoms with Crippen molar-refractivity contribution in [2.24, 2.45) is 0 Å². The van der Waals surface area contributed by atoms with Gasteiger partial charge in [-0.1, -0.05) is 15.9 Å². The molecule has 0 radical (unpaired) electrons. The Hall–Kier alpha value is -1.29. The minimum atomic E-state index is 0.230. The lowest BCUT2D eigenvalue weighted by molar-refractivity contribution is 0.825. The van der Waals surface area contributed by atoms with E-state index >= 15 is 0 Å². The van der Waals surface area contributed by atoms with E-state index in [2.05, 4.69) is 38.4 Å². The number of nitrogens with one attached hydrogen (secondary N) is 2. The molecule has 0 fully saturated rings. The number of benzene rings is 1. The van der Waals surface area contributed by atoms with Gasteiger partial charge >= 0.3 is 0 Å². The standard InChI is InChI=1S/C11H12BrN3/c1-8(11-6-7-13-15-11)14-10-4-2-9(12)3-5-10/h2-8,14H,1H3,(H,13,15). The van der Waals surface area contributed by atoms with Crippen LogP contribution in [0.1, 0.15) is 18.7 Å². The van der Waals surface area contributed by atoms with Gasteiger partial charge < -0.3 is 5.32 Å². The summed E-state index contributed by atoms with van der Waals surface area (Å²) >= 11 is 3.41. The summed E-state index contributed by atoms with van der Waals surface area (Å²) in [5.74, 6) is 0. The lowest BCUT2D eigenvalue weighted by atomic mass is 10.2. The summed E-state index contributed by atoms with van der Waals surface area (Å²) < 4.78 is 1.09. The van der Waals surface area contributed by atoms with Crippen LogP contribution in [0.15, 0.2) is 41.0 Å². The van der Waals surface area contributed by atoms with Crippen molar-refractivity contribution in [2.75, 3.05) is 5.32 Å². The molecule has 15 heavy (non-hydrogen) atoms. The maximum absolute atomic E-state index is 3.93. The average Bonchev–Trinajstić information content (AvgIpc) is 2.74. The first-order valence-corrected chi connectivity index (χ1v) is 5.56. The third-order valence-electron chi connectivity index (χ3n) is 2.22. The predicted molar refractivity (Wildman–Crippen MR) is 64.8 cm³/mol. The molecule has 0 bridgehead atoms. The number of hydrogen-bond acceptors (Lipinski definition) is 2. The molecule has 2 rings (SSSR count). The first-order chi connectivity index (χ1) is 7.25. The van der Waals surface area contributed by atoms with E-state index in [0.29, 0.717) is 0 Å². The van der Waals surface area contributed by atoms with Crippen molar-refractivity contribution in [3.8, 4) is 0 Å². The number of anilines is 1. The summed E-state index contributed by atoms with van der Waals surface area (Å²) in [6, 6.07) is 10.3. The number of halogens is 1. The highest BCUT2D eigenvalue weighted by molar-refractivity contribution is 9.10. The molecule has 1 unspecified atom stereocenters. The Morgan fingerprint density at radius 1 is 1.27 bits per heavy atom. The molecular formula is C11H12BrN3. The molecule has 0 spiro atoms. The van der Waals surface area contributed by atoms with Gasteiger partial charge in [0.1, 0.15) is 0 Å². The molecule has 2 N–H and O–H groups in total. The Kier molecular flexibility index (Phi) is 3.06. The molecule has 0 saturated heterocycles. The number of aromatic nitrogens is 2. The zero-order valence-electron chi connectivity index (χ0n) is 8.37. The molecule has 3 nitrogen and oxygen atoms in total. The van der Waals surface area contributed by atoms with Crippen molar-refractivity contribution in [3.63, 3.8) is 0 Å². The van der Waals surface area contributed by atoms with Crippen molar-refractivity contribution in [1.29, 1.82) is 0 Å². The minimum absolute atomic E-state index is 0.230. The number of hydrogen-bond donors (Lipinski definition) is 2. The molecule has 1 atom stereocenters. The SMILES string of the molecule is CC(Nc1ccc(Br)cc1)c1ccn[nH]1. The Bertz CT molecular complexity index is 408. The second kappa shape index (κ2) is 4.49. The van der Waals surface area contributed by atoms with Crippen LogP contribution in [0.5, 0.6) is 0 Å². The van der Waals surface area contributed by atoms with E-state index in [1.807, 2.05) is 30.3 Å². The number of rotatable bonds is 3. The van der Waals surface area contributed by atoms with Gasteiger partial charge in [0, 0.05) is 16.4 Å². The van der Waals surface area contributed by atoms with Crippen molar-refractivity contribution in [3.05, 3.63) is 46.7 Å². The van der Waals surface area contributed by atoms with Gasteiger partial charge in [-0.05, 0) is 37.3 Å². The fourth-order valence-electron chi connectivity index (χ4n) is 1.38. The minimum Gasteiger partial charge on any atom is -0.377 e. The molecular weight excluding hydrogens is 254 g/mol. The zero-order valence-corrected chi connectivity index (χ0v) is 9.95. The monoisotopic (exact) mass is 265 g/mol. The number of aromatic amines is 1. The normalized spacial score (nSPS) is 12.4. The molecule has 1 aromatic carbocycles. The van der Waals surface area contributed by atoms with Gasteiger partial charge in [0.15, 0.2) is 0 Å². The molecule has 1 aromatic heterocycles. The van der Waals surface area contributed by atoms with Crippen LogP contribution in [0.3, 0.4) is 0 Å². The fourth-order valence-corrected chi connectivity index (χ4v) is 1.65. The molecule has 0 aliphatic rings. The summed E-state index contributed by atoms with van der Waals surface area (Å²) in [6.07, 6.45) is 1.76. The number of H-pyrrole nitrogens is 1. The Labute approximate surface area is 97.0 Å². The average molecular weight is 266 g/mol. The second-order valence-corrected chi connectivity index (χ2v) is 4.30. The van der Waals surface area contributed by atoms with Gasteiger partial charge in [0.25, 0.3) is 0 Å². The van der Waals surface area contributed by atoms with Crippen LogP contribution in [-0.2, 0) is 0 Å². The molecule has 0 aliphatic carbocycles. The highest BCUT2D eigenvalue weighted by atomic mass is 79.9. The van der Waals surface area contributed by atoms with Gasteiger partial charge in [-0.3, -0.25) is 5.10 Å². The van der Waals surface area contributed by atoms with Gasteiger partial charge in [0.05, 0.1) is 11.7 Å². The first kappa shape index (κ1) is 10.2. The van der Waals surface area contributed by atoms with Gasteiger partial charge in [-0.15, -0.1) is 0 Å². The third-order valence-corrected chi connectivity index (χ3v) is 2.74. The van der Waals surface area contributed by atoms with Crippen LogP contribution in [0, 0.1) is 0 Å². The van der Waals surface area contributed by atoms with E-state index in [0.717, 1.165) is 15.9 Å². The molecule has 4 heteroatoms. The number of nitrogens with zero attached hydrogens (tertiary/aromatic N) is 1. The van der Waals surface area contributed by atoms with Gasteiger partial charge in [-0.2, -0.15) is 5.10 Å². The van der Waals surface area contributed by atoms with E-state index in [-0.39, 0.29) is 6.04 Å². The summed E-state index contributed by atoms with van der Waals surface area (Å²) in [5, 5.41) is 10.3. The maximum atomic E-state index is 3.93. The van der Waals surface area contributed by atoms with Crippen LogP contribution in [-0.4, -0.2) is 10.2 Å². The quantitative estimate of drug-likeness (QED) is 0.894. The lowest BCUT2D eigenvalue weighted by Gasteiger charge is -2.13.